The van der Waals surface area contributed by atoms with Crippen molar-refractivity contribution in [2.75, 3.05) is 0 Å². The van der Waals surface area contributed by atoms with Gasteiger partial charge in [0.2, 0.25) is 0 Å². The van der Waals surface area contributed by atoms with E-state index in [1.165, 1.54) is 0 Å². The highest BCUT2D eigenvalue weighted by Crippen LogP contribution is 2.02. The van der Waals surface area contributed by atoms with Crippen molar-refractivity contribution in [3.05, 3.63) is 0 Å². The highest BCUT2D eigenvalue weighted by atomic mass is 31.0. The third kappa shape index (κ3) is 2.75. The van der Waals surface area contributed by atoms with Crippen LogP contribution in [0.2, 0.25) is 0 Å². The van der Waals surface area contributed by atoms with Gasteiger partial charge in [0.05, 0.1) is 0 Å². The first-order chi connectivity index (χ1) is 2.64. The normalized spacial score (nSPS) is 13.8. The van der Waals surface area contributed by atoms with Crippen LogP contribution < -0.4 is 0 Å². The van der Waals surface area contributed by atoms with E-state index in [1.54, 1.807) is 0 Å². The van der Waals surface area contributed by atoms with Crippen LogP contribution in [0.25, 0.3) is 0 Å². The Labute approximate surface area is 42.3 Å². The molecule has 0 saturated heterocycles. The van der Waals surface area contributed by atoms with E-state index in [-0.39, 0.29) is 11.2 Å². The van der Waals surface area contributed by atoms with E-state index in [2.05, 4.69) is 18.5 Å². The van der Waals surface area contributed by atoms with Gasteiger partial charge < -0.3 is 0 Å². The Morgan fingerprint density at radius 1 is 1.83 bits per heavy atom. The summed E-state index contributed by atoms with van der Waals surface area (Å²) in [6.07, 6.45) is 0. The van der Waals surface area contributed by atoms with Crippen molar-refractivity contribution in [2.24, 2.45) is 0 Å². The molecule has 1 nitrogen and oxygen atoms in total. The lowest BCUT2D eigenvalue weighted by Crippen LogP contribution is -1.97. The van der Waals surface area contributed by atoms with E-state index in [9.17, 15) is 4.79 Å². The van der Waals surface area contributed by atoms with Gasteiger partial charge in [-0.25, -0.2) is 0 Å². The summed E-state index contributed by atoms with van der Waals surface area (Å²) in [6, 6.07) is 0. The maximum atomic E-state index is 10.1. The molecule has 0 rings (SSSR count). The zero-order chi connectivity index (χ0) is 5.15. The molecule has 0 N–H and O–H groups in total. The van der Waals surface area contributed by atoms with Gasteiger partial charge in [-0.15, -0.1) is 9.24 Å². The highest BCUT2D eigenvalue weighted by molar-refractivity contribution is 7.43. The summed E-state index contributed by atoms with van der Waals surface area (Å²) >= 11 is 0. The predicted octanol–water partition coefficient (Wildman–Crippen LogP) is 0.652. The van der Waals surface area contributed by atoms with Gasteiger partial charge in [-0.05, 0) is 0 Å². The smallest absolute Gasteiger partial charge is 0.154 e. The topological polar surface area (TPSA) is 17.1 Å². The third-order valence-electron chi connectivity index (χ3n) is 0.449. The van der Waals surface area contributed by atoms with Gasteiger partial charge in [0, 0.05) is 5.66 Å². The maximum Gasteiger partial charge on any atom is 0.154 e. The Morgan fingerprint density at radius 2 is 2.00 bits per heavy atom. The molecule has 3 atom stereocenters. The Bertz CT molecular complexity index is 59.8. The summed E-state index contributed by atoms with van der Waals surface area (Å²) in [4.78, 5) is 10.1. The molecule has 0 heterocycles. The number of rotatable bonds is 1. The Kier molecular flexibility index (Phi) is 2.90. The first kappa shape index (κ1) is 6.53. The summed E-state index contributed by atoms with van der Waals surface area (Å²) in [5, 5.41) is 0. The van der Waals surface area contributed by atoms with Crippen LogP contribution in [0.4, 0.5) is 0 Å². The van der Waals surface area contributed by atoms with Crippen molar-refractivity contribution in [3.8, 4) is 0 Å². The van der Waals surface area contributed by atoms with E-state index >= 15 is 0 Å². The molecule has 0 fully saturated rings. The van der Waals surface area contributed by atoms with Crippen LogP contribution in [0, 0.1) is 0 Å². The van der Waals surface area contributed by atoms with Gasteiger partial charge in [-0.3, -0.25) is 4.79 Å². The molecule has 0 saturated carbocycles. The zero-order valence-corrected chi connectivity index (χ0v) is 5.95. The van der Waals surface area contributed by atoms with E-state index in [1.807, 2.05) is 6.92 Å². The molecule has 0 radical (unpaired) electrons. The van der Waals surface area contributed by atoms with Crippen molar-refractivity contribution >= 4 is 24.0 Å². The number of hydrogen-bond donors (Lipinski definition) is 0. The summed E-state index contributed by atoms with van der Waals surface area (Å²) < 4.78 is 0. The van der Waals surface area contributed by atoms with Crippen LogP contribution in [-0.4, -0.2) is 11.2 Å². The minimum absolute atomic E-state index is 0.0926. The largest absolute Gasteiger partial charge is 0.295 e. The second-order valence-corrected chi connectivity index (χ2v) is 2.76. The van der Waals surface area contributed by atoms with Gasteiger partial charge in [-0.2, -0.15) is 0 Å². The summed E-state index contributed by atoms with van der Waals surface area (Å²) in [5.74, 6) is 0. The maximum absolute atomic E-state index is 10.1. The molecule has 0 aliphatic carbocycles. The molecule has 0 spiro atoms. The molecule has 6 heavy (non-hydrogen) atoms. The van der Waals surface area contributed by atoms with Crippen LogP contribution >= 0.6 is 18.5 Å². The monoisotopic (exact) mass is 122 g/mol. The SMILES string of the molecule is CC(P)C(=O)P. The molecule has 36 valence electrons. The average molecular weight is 122 g/mol. The first-order valence-corrected chi connectivity index (χ1v) is 2.94. The lowest BCUT2D eigenvalue weighted by molar-refractivity contribution is -0.110. The molecule has 0 aromatic carbocycles. The third-order valence-corrected chi connectivity index (χ3v) is 1.69. The fourth-order valence-corrected chi connectivity index (χ4v) is 0. The van der Waals surface area contributed by atoms with Gasteiger partial charge >= 0.3 is 0 Å². The first-order valence-electron chi connectivity index (χ1n) is 1.69. The van der Waals surface area contributed by atoms with E-state index < -0.39 is 0 Å². The molecule has 0 aromatic rings. The molecule has 3 unspecified atom stereocenters. The highest BCUT2D eigenvalue weighted by Gasteiger charge is 1.95. The Balaban J connectivity index is 3.26. The Morgan fingerprint density at radius 3 is 2.00 bits per heavy atom. The minimum atomic E-state index is 0.0926. The molecule has 0 bridgehead atoms. The van der Waals surface area contributed by atoms with Crippen molar-refractivity contribution in [1.29, 1.82) is 0 Å². The second-order valence-electron chi connectivity index (χ2n) is 1.19. The van der Waals surface area contributed by atoms with Crippen LogP contribution in [0.1, 0.15) is 6.92 Å². The van der Waals surface area contributed by atoms with E-state index in [0.29, 0.717) is 0 Å². The van der Waals surface area contributed by atoms with Crippen molar-refractivity contribution < 1.29 is 4.79 Å². The van der Waals surface area contributed by atoms with Crippen LogP contribution in [0.3, 0.4) is 0 Å². The van der Waals surface area contributed by atoms with Crippen molar-refractivity contribution in [1.82, 2.24) is 0 Å². The van der Waals surface area contributed by atoms with Crippen molar-refractivity contribution in [3.63, 3.8) is 0 Å². The van der Waals surface area contributed by atoms with Crippen LogP contribution in [0.15, 0.2) is 0 Å². The van der Waals surface area contributed by atoms with Crippen LogP contribution in [-0.2, 0) is 4.79 Å². The van der Waals surface area contributed by atoms with Crippen LogP contribution in [0.5, 0.6) is 0 Å². The Hall–Kier alpha value is 0.530. The molecular formula is C3H8OP2. The predicted molar refractivity (Wildman–Crippen MR) is 33.9 cm³/mol. The number of carbonyl (C=O) groups excluding carboxylic acids is 1. The molecule has 3 heteroatoms. The van der Waals surface area contributed by atoms with E-state index in [4.69, 9.17) is 0 Å². The number of carbonyl (C=O) groups is 1. The lowest BCUT2D eigenvalue weighted by Gasteiger charge is -1.90. The summed E-state index contributed by atoms with van der Waals surface area (Å²) in [5.41, 5.74) is 0.231. The minimum Gasteiger partial charge on any atom is -0.295 e. The molecule has 0 aromatic heterocycles. The summed E-state index contributed by atoms with van der Waals surface area (Å²) in [6.45, 7) is 1.83. The zero-order valence-electron chi connectivity index (χ0n) is 3.64. The average Bonchev–Trinajstić information content (AvgIpc) is 1.36. The van der Waals surface area contributed by atoms with Gasteiger partial charge in [-0.1, -0.05) is 16.2 Å². The van der Waals surface area contributed by atoms with Crippen molar-refractivity contribution in [2.45, 2.75) is 12.6 Å². The van der Waals surface area contributed by atoms with Gasteiger partial charge in [0.1, 0.15) is 0 Å². The molecule has 0 aliphatic heterocycles. The quantitative estimate of drug-likeness (QED) is 0.466. The van der Waals surface area contributed by atoms with Gasteiger partial charge in [0.25, 0.3) is 0 Å². The second kappa shape index (κ2) is 2.66. The number of hydrogen-bond acceptors (Lipinski definition) is 1. The summed E-state index contributed by atoms with van der Waals surface area (Å²) in [7, 11) is 4.52. The molecular weight excluding hydrogens is 114 g/mol. The van der Waals surface area contributed by atoms with Gasteiger partial charge in [0.15, 0.2) is 5.52 Å². The fourth-order valence-electron chi connectivity index (χ4n) is 0. The van der Waals surface area contributed by atoms with E-state index in [0.717, 1.165) is 0 Å². The lowest BCUT2D eigenvalue weighted by atomic mass is 10.5. The molecule has 0 aliphatic rings. The fraction of sp³-hybridized carbons (Fsp3) is 0.667. The standard InChI is InChI=1S/C3H8OP2/c1-2(5)3(4)6/h2H,5-6H2,1H3. The molecule has 0 amide bonds.